The zero-order chi connectivity index (χ0) is 17.6. The van der Waals surface area contributed by atoms with E-state index in [4.69, 9.17) is 5.73 Å². The van der Waals surface area contributed by atoms with Crippen LogP contribution in [0.15, 0.2) is 24.3 Å². The van der Waals surface area contributed by atoms with Gasteiger partial charge < -0.3 is 16.4 Å². The fourth-order valence-electron chi connectivity index (χ4n) is 3.71. The number of carbonyl (C=O) groups excluding carboxylic acids is 2. The first-order valence-corrected chi connectivity index (χ1v) is 9.24. The van der Waals surface area contributed by atoms with E-state index in [1.807, 2.05) is 24.3 Å². The van der Waals surface area contributed by atoms with E-state index >= 15 is 0 Å². The molecule has 6 nitrogen and oxygen atoms in total. The minimum Gasteiger partial charge on any atom is -0.369 e. The lowest BCUT2D eigenvalue weighted by Gasteiger charge is -2.31. The van der Waals surface area contributed by atoms with E-state index in [0.29, 0.717) is 0 Å². The number of amides is 2. The van der Waals surface area contributed by atoms with Gasteiger partial charge >= 0.3 is 0 Å². The van der Waals surface area contributed by atoms with Crippen molar-refractivity contribution in [2.24, 2.45) is 17.6 Å². The van der Waals surface area contributed by atoms with Crippen LogP contribution in [-0.2, 0) is 16.1 Å². The Morgan fingerprint density at radius 3 is 2.52 bits per heavy atom. The number of nitrogens with zero attached hydrogens (tertiary/aromatic N) is 1. The SMILES string of the molecule is NC(=O)C1CCCN(Cc2ccc(NC(=O)C3CCNCC3)cc2)C1. The molecule has 1 aromatic carbocycles. The lowest BCUT2D eigenvalue weighted by atomic mass is 9.97. The maximum absolute atomic E-state index is 12.3. The van der Waals surface area contributed by atoms with Crippen molar-refractivity contribution < 1.29 is 9.59 Å². The third-order valence-corrected chi connectivity index (χ3v) is 5.25. The number of rotatable bonds is 5. The Labute approximate surface area is 149 Å². The van der Waals surface area contributed by atoms with Crippen LogP contribution in [0.3, 0.4) is 0 Å². The molecule has 2 saturated heterocycles. The van der Waals surface area contributed by atoms with Gasteiger partial charge in [0.05, 0.1) is 5.92 Å². The zero-order valence-electron chi connectivity index (χ0n) is 14.7. The second-order valence-corrected chi connectivity index (χ2v) is 7.19. The Morgan fingerprint density at radius 2 is 1.84 bits per heavy atom. The number of nitrogens with two attached hydrogens (primary N) is 1. The first-order chi connectivity index (χ1) is 12.1. The summed E-state index contributed by atoms with van der Waals surface area (Å²) in [5.74, 6) is 0.00700. The summed E-state index contributed by atoms with van der Waals surface area (Å²) >= 11 is 0. The largest absolute Gasteiger partial charge is 0.369 e. The van der Waals surface area contributed by atoms with E-state index in [1.54, 1.807) is 0 Å². The Morgan fingerprint density at radius 1 is 1.12 bits per heavy atom. The highest BCUT2D eigenvalue weighted by Gasteiger charge is 2.24. The van der Waals surface area contributed by atoms with Crippen LogP contribution < -0.4 is 16.4 Å². The van der Waals surface area contributed by atoms with Crippen LogP contribution in [-0.4, -0.2) is 42.9 Å². The number of hydrogen-bond donors (Lipinski definition) is 3. The molecule has 6 heteroatoms. The molecule has 0 bridgehead atoms. The fourth-order valence-corrected chi connectivity index (χ4v) is 3.71. The monoisotopic (exact) mass is 344 g/mol. The predicted molar refractivity (Wildman–Crippen MR) is 97.9 cm³/mol. The van der Waals surface area contributed by atoms with E-state index in [9.17, 15) is 9.59 Å². The van der Waals surface area contributed by atoms with Crippen LogP contribution in [0.5, 0.6) is 0 Å². The fraction of sp³-hybridized carbons (Fsp3) is 0.579. The van der Waals surface area contributed by atoms with Gasteiger partial charge in [-0.25, -0.2) is 0 Å². The standard InChI is InChI=1S/C19H28N4O2/c20-18(24)16-2-1-11-23(13-16)12-14-3-5-17(6-4-14)22-19(25)15-7-9-21-10-8-15/h3-6,15-16,21H,1-2,7-13H2,(H2,20,24)(H,22,25). The van der Waals surface area contributed by atoms with Gasteiger partial charge in [0, 0.05) is 24.7 Å². The van der Waals surface area contributed by atoms with Gasteiger partial charge in [0.2, 0.25) is 11.8 Å². The molecule has 0 aliphatic carbocycles. The molecule has 1 unspecified atom stereocenters. The quantitative estimate of drug-likeness (QED) is 0.752. The van der Waals surface area contributed by atoms with Crippen molar-refractivity contribution in [1.29, 1.82) is 0 Å². The molecule has 25 heavy (non-hydrogen) atoms. The van der Waals surface area contributed by atoms with Crippen LogP contribution in [0.2, 0.25) is 0 Å². The summed E-state index contributed by atoms with van der Waals surface area (Å²) in [4.78, 5) is 25.9. The number of anilines is 1. The third-order valence-electron chi connectivity index (χ3n) is 5.25. The van der Waals surface area contributed by atoms with Crippen molar-refractivity contribution in [2.75, 3.05) is 31.5 Å². The van der Waals surface area contributed by atoms with Crippen LogP contribution in [0.1, 0.15) is 31.2 Å². The topological polar surface area (TPSA) is 87.5 Å². The van der Waals surface area contributed by atoms with Gasteiger partial charge in [-0.05, 0) is 63.0 Å². The predicted octanol–water partition coefficient (Wildman–Crippen LogP) is 1.32. The highest BCUT2D eigenvalue weighted by molar-refractivity contribution is 5.92. The van der Waals surface area contributed by atoms with Gasteiger partial charge in [0.25, 0.3) is 0 Å². The molecular weight excluding hydrogens is 316 g/mol. The molecule has 2 aliphatic heterocycles. The Hall–Kier alpha value is -1.92. The second kappa shape index (κ2) is 8.45. The highest BCUT2D eigenvalue weighted by atomic mass is 16.2. The van der Waals surface area contributed by atoms with Crippen molar-refractivity contribution in [3.05, 3.63) is 29.8 Å². The normalized spacial score (nSPS) is 22.5. The van der Waals surface area contributed by atoms with Gasteiger partial charge in [0.1, 0.15) is 0 Å². The van der Waals surface area contributed by atoms with E-state index in [0.717, 1.165) is 64.1 Å². The number of benzene rings is 1. The summed E-state index contributed by atoms with van der Waals surface area (Å²) in [5.41, 5.74) is 7.47. The summed E-state index contributed by atoms with van der Waals surface area (Å²) in [6.07, 6.45) is 3.71. The van der Waals surface area contributed by atoms with Crippen molar-refractivity contribution in [3.8, 4) is 0 Å². The molecule has 0 aromatic heterocycles. The molecule has 1 atom stereocenters. The van der Waals surface area contributed by atoms with Crippen LogP contribution in [0, 0.1) is 11.8 Å². The highest BCUT2D eigenvalue weighted by Crippen LogP contribution is 2.20. The molecule has 2 aliphatic rings. The molecule has 0 saturated carbocycles. The van der Waals surface area contributed by atoms with Crippen LogP contribution in [0.25, 0.3) is 0 Å². The number of carbonyl (C=O) groups is 2. The summed E-state index contributed by atoms with van der Waals surface area (Å²) < 4.78 is 0. The van der Waals surface area contributed by atoms with Crippen molar-refractivity contribution in [1.82, 2.24) is 10.2 Å². The van der Waals surface area contributed by atoms with E-state index in [-0.39, 0.29) is 23.7 Å². The first-order valence-electron chi connectivity index (χ1n) is 9.24. The van der Waals surface area contributed by atoms with E-state index in [2.05, 4.69) is 15.5 Å². The number of hydrogen-bond acceptors (Lipinski definition) is 4. The van der Waals surface area contributed by atoms with Crippen molar-refractivity contribution in [3.63, 3.8) is 0 Å². The molecule has 0 spiro atoms. The number of nitrogens with one attached hydrogen (secondary N) is 2. The van der Waals surface area contributed by atoms with Gasteiger partial charge in [-0.3, -0.25) is 14.5 Å². The molecule has 2 fully saturated rings. The average Bonchev–Trinajstić information content (AvgIpc) is 2.64. The van der Waals surface area contributed by atoms with Crippen LogP contribution >= 0.6 is 0 Å². The molecule has 3 rings (SSSR count). The van der Waals surface area contributed by atoms with E-state index in [1.165, 1.54) is 5.56 Å². The maximum atomic E-state index is 12.3. The number of piperidine rings is 2. The Kier molecular flexibility index (Phi) is 6.04. The Bertz CT molecular complexity index is 596. The summed E-state index contributed by atoms with van der Waals surface area (Å²) in [6.45, 7) is 4.38. The van der Waals surface area contributed by atoms with Crippen molar-refractivity contribution >= 4 is 17.5 Å². The lowest BCUT2D eigenvalue weighted by Crippen LogP contribution is -2.40. The molecule has 4 N–H and O–H groups in total. The zero-order valence-corrected chi connectivity index (χ0v) is 14.7. The van der Waals surface area contributed by atoms with Gasteiger partial charge in [0.15, 0.2) is 0 Å². The first kappa shape index (κ1) is 17.9. The minimum absolute atomic E-state index is 0.0303. The summed E-state index contributed by atoms with van der Waals surface area (Å²) in [5, 5.41) is 6.30. The van der Waals surface area contributed by atoms with Gasteiger partial charge in [-0.2, -0.15) is 0 Å². The third kappa shape index (κ3) is 5.03. The van der Waals surface area contributed by atoms with Gasteiger partial charge in [-0.1, -0.05) is 12.1 Å². The van der Waals surface area contributed by atoms with Crippen molar-refractivity contribution in [2.45, 2.75) is 32.2 Å². The minimum atomic E-state index is -0.194. The average molecular weight is 344 g/mol. The van der Waals surface area contributed by atoms with Crippen LogP contribution in [0.4, 0.5) is 5.69 Å². The molecular formula is C19H28N4O2. The van der Waals surface area contributed by atoms with E-state index < -0.39 is 0 Å². The molecule has 0 radical (unpaired) electrons. The smallest absolute Gasteiger partial charge is 0.227 e. The lowest BCUT2D eigenvalue weighted by molar-refractivity contribution is -0.123. The summed E-state index contributed by atoms with van der Waals surface area (Å²) in [7, 11) is 0. The number of likely N-dealkylation sites (tertiary alicyclic amines) is 1. The van der Waals surface area contributed by atoms with Gasteiger partial charge in [-0.15, -0.1) is 0 Å². The number of primary amides is 1. The molecule has 136 valence electrons. The molecule has 2 heterocycles. The Balaban J connectivity index is 1.51. The molecule has 1 aromatic rings. The second-order valence-electron chi connectivity index (χ2n) is 7.19. The molecule has 2 amide bonds. The maximum Gasteiger partial charge on any atom is 0.227 e. The summed E-state index contributed by atoms with van der Waals surface area (Å²) in [6, 6.07) is 8.02.